The van der Waals surface area contributed by atoms with Gasteiger partial charge in [0.25, 0.3) is 0 Å². The maximum atomic E-state index is 9.68. The summed E-state index contributed by atoms with van der Waals surface area (Å²) in [5, 5.41) is 9.68. The molecule has 0 aliphatic carbocycles. The Morgan fingerprint density at radius 1 is 1.11 bits per heavy atom. The van der Waals surface area contributed by atoms with Crippen LogP contribution in [0.3, 0.4) is 0 Å². The zero-order valence-corrected chi connectivity index (χ0v) is 11.4. The van der Waals surface area contributed by atoms with Crippen molar-refractivity contribution in [2.75, 3.05) is 7.05 Å². The van der Waals surface area contributed by atoms with Crippen LogP contribution in [-0.2, 0) is 6.54 Å². The van der Waals surface area contributed by atoms with E-state index in [-0.39, 0.29) is 0 Å². The Labute approximate surface area is 114 Å². The van der Waals surface area contributed by atoms with E-state index < -0.39 is 0 Å². The maximum Gasteiger partial charge on any atom is 0.115 e. The van der Waals surface area contributed by atoms with Crippen molar-refractivity contribution in [1.82, 2.24) is 4.90 Å². The number of hydrogen-bond acceptors (Lipinski definition) is 2. The van der Waals surface area contributed by atoms with Gasteiger partial charge in [-0.05, 0) is 42.8 Å². The second-order valence-corrected chi connectivity index (χ2v) is 5.43. The minimum Gasteiger partial charge on any atom is -0.508 e. The van der Waals surface area contributed by atoms with Gasteiger partial charge in [0.1, 0.15) is 5.75 Å². The molecular formula is C17H19NO. The smallest absolute Gasteiger partial charge is 0.115 e. The third-order valence-corrected chi connectivity index (χ3v) is 4.22. The van der Waals surface area contributed by atoms with Crippen molar-refractivity contribution in [2.45, 2.75) is 25.4 Å². The standard InChI is InChI=1S/C17H19NO/c1-12-17(13-6-4-3-5-7-13)16-9-8-15(19)10-14(16)11-18(12)2/h3-10,12,17,19H,11H2,1-2H3. The van der Waals surface area contributed by atoms with Gasteiger partial charge < -0.3 is 5.11 Å². The van der Waals surface area contributed by atoms with Crippen molar-refractivity contribution in [3.05, 3.63) is 65.2 Å². The highest BCUT2D eigenvalue weighted by Crippen LogP contribution is 2.38. The molecule has 0 saturated carbocycles. The first-order valence-corrected chi connectivity index (χ1v) is 6.74. The molecule has 1 aliphatic rings. The molecule has 0 saturated heterocycles. The van der Waals surface area contributed by atoms with Gasteiger partial charge in [-0.1, -0.05) is 36.4 Å². The summed E-state index contributed by atoms with van der Waals surface area (Å²) >= 11 is 0. The molecule has 0 spiro atoms. The average molecular weight is 253 g/mol. The van der Waals surface area contributed by atoms with E-state index in [2.05, 4.69) is 55.3 Å². The van der Waals surface area contributed by atoms with Crippen LogP contribution in [0.2, 0.25) is 0 Å². The van der Waals surface area contributed by atoms with Gasteiger partial charge >= 0.3 is 0 Å². The van der Waals surface area contributed by atoms with Crippen LogP contribution in [-0.4, -0.2) is 23.1 Å². The van der Waals surface area contributed by atoms with Crippen LogP contribution in [0, 0.1) is 0 Å². The van der Waals surface area contributed by atoms with Crippen LogP contribution in [0.25, 0.3) is 0 Å². The van der Waals surface area contributed by atoms with Gasteiger partial charge in [0, 0.05) is 18.5 Å². The Morgan fingerprint density at radius 2 is 1.84 bits per heavy atom. The second-order valence-electron chi connectivity index (χ2n) is 5.43. The number of fused-ring (bicyclic) bond motifs is 1. The van der Waals surface area contributed by atoms with Crippen molar-refractivity contribution >= 4 is 0 Å². The van der Waals surface area contributed by atoms with Crippen LogP contribution >= 0.6 is 0 Å². The first-order valence-electron chi connectivity index (χ1n) is 6.74. The molecule has 2 atom stereocenters. The zero-order chi connectivity index (χ0) is 13.4. The summed E-state index contributed by atoms with van der Waals surface area (Å²) in [5.41, 5.74) is 3.91. The number of likely N-dealkylation sites (N-methyl/N-ethyl adjacent to an activating group) is 1. The fourth-order valence-electron chi connectivity index (χ4n) is 3.08. The van der Waals surface area contributed by atoms with E-state index >= 15 is 0 Å². The molecule has 1 N–H and O–H groups in total. The van der Waals surface area contributed by atoms with E-state index in [9.17, 15) is 5.11 Å². The van der Waals surface area contributed by atoms with E-state index in [0.29, 0.717) is 17.7 Å². The number of aromatic hydroxyl groups is 1. The third kappa shape index (κ3) is 2.13. The number of rotatable bonds is 1. The summed E-state index contributed by atoms with van der Waals surface area (Å²) < 4.78 is 0. The van der Waals surface area contributed by atoms with Gasteiger partial charge in [0.05, 0.1) is 0 Å². The summed E-state index contributed by atoms with van der Waals surface area (Å²) in [6.07, 6.45) is 0. The van der Waals surface area contributed by atoms with Crippen LogP contribution in [0.5, 0.6) is 5.75 Å². The molecule has 2 nitrogen and oxygen atoms in total. The topological polar surface area (TPSA) is 23.5 Å². The lowest BCUT2D eigenvalue weighted by Gasteiger charge is -2.39. The minimum atomic E-state index is 0.355. The fraction of sp³-hybridized carbons (Fsp3) is 0.294. The SMILES string of the molecule is CC1C(c2ccccc2)c2ccc(O)cc2CN1C. The molecule has 1 heterocycles. The molecule has 0 fully saturated rings. The van der Waals surface area contributed by atoms with Gasteiger partial charge in [-0.15, -0.1) is 0 Å². The monoisotopic (exact) mass is 253 g/mol. The first kappa shape index (κ1) is 12.2. The van der Waals surface area contributed by atoms with E-state index in [1.807, 2.05) is 6.07 Å². The Balaban J connectivity index is 2.13. The lowest BCUT2D eigenvalue weighted by Crippen LogP contribution is -2.39. The molecule has 2 aromatic rings. The van der Waals surface area contributed by atoms with Crippen molar-refractivity contribution < 1.29 is 5.11 Å². The van der Waals surface area contributed by atoms with E-state index in [1.54, 1.807) is 6.07 Å². The van der Waals surface area contributed by atoms with Crippen molar-refractivity contribution in [3.63, 3.8) is 0 Å². The Morgan fingerprint density at radius 3 is 2.58 bits per heavy atom. The molecule has 2 unspecified atom stereocenters. The molecule has 2 heteroatoms. The highest BCUT2D eigenvalue weighted by molar-refractivity contribution is 5.44. The Hall–Kier alpha value is -1.80. The molecule has 98 valence electrons. The zero-order valence-electron chi connectivity index (χ0n) is 11.4. The number of nitrogens with zero attached hydrogens (tertiary/aromatic N) is 1. The van der Waals surface area contributed by atoms with Gasteiger partial charge in [0.2, 0.25) is 0 Å². The lowest BCUT2D eigenvalue weighted by molar-refractivity contribution is 0.211. The van der Waals surface area contributed by atoms with Crippen molar-refractivity contribution in [1.29, 1.82) is 0 Å². The van der Waals surface area contributed by atoms with Gasteiger partial charge in [-0.3, -0.25) is 4.90 Å². The second kappa shape index (κ2) is 4.71. The Bertz CT molecular complexity index is 579. The van der Waals surface area contributed by atoms with Crippen molar-refractivity contribution in [2.24, 2.45) is 0 Å². The molecular weight excluding hydrogens is 234 g/mol. The predicted octanol–water partition coefficient (Wildman–Crippen LogP) is 3.36. The lowest BCUT2D eigenvalue weighted by atomic mass is 9.80. The normalized spacial score (nSPS) is 23.1. The highest BCUT2D eigenvalue weighted by atomic mass is 16.3. The van der Waals surface area contributed by atoms with Crippen molar-refractivity contribution in [3.8, 4) is 5.75 Å². The molecule has 0 bridgehead atoms. The van der Waals surface area contributed by atoms with Gasteiger partial charge in [0.15, 0.2) is 0 Å². The van der Waals surface area contributed by atoms with E-state index in [4.69, 9.17) is 0 Å². The minimum absolute atomic E-state index is 0.355. The quantitative estimate of drug-likeness (QED) is 0.842. The summed E-state index contributed by atoms with van der Waals surface area (Å²) in [5.74, 6) is 0.726. The first-order chi connectivity index (χ1) is 9.16. The molecule has 0 aromatic heterocycles. The number of phenolic OH excluding ortho intramolecular Hbond substituents is 1. The third-order valence-electron chi connectivity index (χ3n) is 4.22. The van der Waals surface area contributed by atoms with Gasteiger partial charge in [-0.25, -0.2) is 0 Å². The molecule has 19 heavy (non-hydrogen) atoms. The largest absolute Gasteiger partial charge is 0.508 e. The molecule has 2 aromatic carbocycles. The van der Waals surface area contributed by atoms with Crippen LogP contribution in [0.15, 0.2) is 48.5 Å². The molecule has 1 aliphatic heterocycles. The van der Waals surface area contributed by atoms with E-state index in [0.717, 1.165) is 6.54 Å². The maximum absolute atomic E-state index is 9.68. The van der Waals surface area contributed by atoms with Crippen LogP contribution in [0.4, 0.5) is 0 Å². The van der Waals surface area contributed by atoms with E-state index in [1.165, 1.54) is 16.7 Å². The average Bonchev–Trinajstić information content (AvgIpc) is 2.41. The van der Waals surface area contributed by atoms with Crippen LogP contribution < -0.4 is 0 Å². The fourth-order valence-corrected chi connectivity index (χ4v) is 3.08. The summed E-state index contributed by atoms with van der Waals surface area (Å²) in [6, 6.07) is 16.9. The summed E-state index contributed by atoms with van der Waals surface area (Å²) in [4.78, 5) is 2.35. The number of phenols is 1. The number of hydrogen-bond donors (Lipinski definition) is 1. The summed E-state index contributed by atoms with van der Waals surface area (Å²) in [6.45, 7) is 3.17. The highest BCUT2D eigenvalue weighted by Gasteiger charge is 2.31. The predicted molar refractivity (Wildman–Crippen MR) is 77.3 cm³/mol. The van der Waals surface area contributed by atoms with Crippen LogP contribution in [0.1, 0.15) is 29.5 Å². The number of benzene rings is 2. The molecule has 3 rings (SSSR count). The molecule has 0 radical (unpaired) electrons. The van der Waals surface area contributed by atoms with Gasteiger partial charge in [-0.2, -0.15) is 0 Å². The Kier molecular flexibility index (Phi) is 3.03. The summed E-state index contributed by atoms with van der Waals surface area (Å²) in [7, 11) is 2.15. The molecule has 0 amide bonds.